The molecule has 1 aromatic carbocycles. The van der Waals surface area contributed by atoms with E-state index in [2.05, 4.69) is 43.2 Å². The smallest absolute Gasteiger partial charge is 0.246 e. The van der Waals surface area contributed by atoms with Gasteiger partial charge in [-0.05, 0) is 49.5 Å². The number of rotatable bonds is 9. The number of nitrogens with one attached hydrogen (secondary N) is 2. The van der Waals surface area contributed by atoms with Crippen LogP contribution in [0.2, 0.25) is 5.02 Å². The number of nitrogens with zero attached hydrogens (tertiary/aromatic N) is 2. The third-order valence-electron chi connectivity index (χ3n) is 9.70. The second-order valence-electron chi connectivity index (χ2n) is 11.8. The molecule has 2 saturated heterocycles. The maximum atomic E-state index is 14.1. The summed E-state index contributed by atoms with van der Waals surface area (Å²) in [7, 11) is 0. The molecule has 0 radical (unpaired) electrons. The predicted molar refractivity (Wildman–Crippen MR) is 151 cm³/mol. The fourth-order valence-corrected chi connectivity index (χ4v) is 7.32. The van der Waals surface area contributed by atoms with Crippen LogP contribution in [0.5, 0.6) is 0 Å². The van der Waals surface area contributed by atoms with Gasteiger partial charge < -0.3 is 25.2 Å². The molecule has 1 aliphatic carbocycles. The lowest BCUT2D eigenvalue weighted by atomic mass is 9.73. The minimum absolute atomic E-state index is 0.0244. The van der Waals surface area contributed by atoms with Crippen LogP contribution in [0.4, 0.5) is 10.1 Å². The van der Waals surface area contributed by atoms with E-state index in [0.29, 0.717) is 30.6 Å². The molecule has 0 aromatic heterocycles. The summed E-state index contributed by atoms with van der Waals surface area (Å²) in [5.41, 5.74) is -0.892. The Balaban J connectivity index is 1.43. The summed E-state index contributed by atoms with van der Waals surface area (Å²) in [5, 5.41) is 5.96. The van der Waals surface area contributed by atoms with Gasteiger partial charge in [0.15, 0.2) is 0 Å². The first-order valence-electron chi connectivity index (χ1n) is 14.6. The summed E-state index contributed by atoms with van der Waals surface area (Å²) in [6.45, 7) is 11.1. The summed E-state index contributed by atoms with van der Waals surface area (Å²) in [5.74, 6) is -2.33. The molecule has 1 aromatic rings. The summed E-state index contributed by atoms with van der Waals surface area (Å²) < 4.78 is 20.1. The number of carbonyl (C=O) groups excluding carboxylic acids is 3. The Morgan fingerprint density at radius 1 is 1.20 bits per heavy atom. The number of likely N-dealkylation sites (tertiary alicyclic amines) is 1. The molecule has 3 heterocycles. The second-order valence-corrected chi connectivity index (χ2v) is 12.2. The fraction of sp³-hybridized carbons (Fsp3) is 0.633. The van der Waals surface area contributed by atoms with Crippen LogP contribution < -0.4 is 10.6 Å². The number of carbonyl (C=O) groups is 3. The number of anilines is 1. The van der Waals surface area contributed by atoms with Crippen LogP contribution in [0.3, 0.4) is 0 Å². The van der Waals surface area contributed by atoms with Gasteiger partial charge in [0.05, 0.1) is 23.0 Å². The van der Waals surface area contributed by atoms with E-state index in [0.717, 1.165) is 32.4 Å². The van der Waals surface area contributed by atoms with Gasteiger partial charge >= 0.3 is 0 Å². The molecule has 1 spiro atoms. The van der Waals surface area contributed by atoms with Crippen LogP contribution in [-0.2, 0) is 19.1 Å². The molecular formula is C30H40ClFN4O4. The summed E-state index contributed by atoms with van der Waals surface area (Å²) >= 11 is 5.92. The van der Waals surface area contributed by atoms with Gasteiger partial charge in [0.2, 0.25) is 17.7 Å². The first-order valence-corrected chi connectivity index (χ1v) is 14.9. The first-order chi connectivity index (χ1) is 19.1. The molecule has 4 aliphatic rings. The lowest BCUT2D eigenvalue weighted by Crippen LogP contribution is -2.58. The van der Waals surface area contributed by atoms with Crippen LogP contribution in [0.1, 0.15) is 47.0 Å². The monoisotopic (exact) mass is 574 g/mol. The molecular weight excluding hydrogens is 535 g/mol. The van der Waals surface area contributed by atoms with Crippen molar-refractivity contribution in [3.63, 3.8) is 0 Å². The van der Waals surface area contributed by atoms with Gasteiger partial charge in [-0.25, -0.2) is 4.39 Å². The van der Waals surface area contributed by atoms with Crippen molar-refractivity contribution < 1.29 is 23.5 Å². The quantitative estimate of drug-likeness (QED) is 0.437. The summed E-state index contributed by atoms with van der Waals surface area (Å²) in [6.07, 6.45) is 6.07. The van der Waals surface area contributed by atoms with E-state index >= 15 is 0 Å². The topological polar surface area (TPSA) is 91.0 Å². The van der Waals surface area contributed by atoms with Crippen LogP contribution >= 0.6 is 11.6 Å². The number of ether oxygens (including phenoxy) is 1. The molecule has 40 heavy (non-hydrogen) atoms. The highest BCUT2D eigenvalue weighted by atomic mass is 35.5. The van der Waals surface area contributed by atoms with Gasteiger partial charge in [0.1, 0.15) is 17.5 Å². The van der Waals surface area contributed by atoms with Crippen molar-refractivity contribution in [1.29, 1.82) is 0 Å². The SMILES string of the molecule is CCN(CC)CCN1C(=O)[C@@H]2[C@H](C(=O)Nc3ccc(F)c(Cl)c3)[C@@H]3C=C[C@@]2(O3)[C@@H]1C(=O)N[C@@H]1CCC[C@@H](C)[C@H]1C. The standard InChI is InChI=1S/C30H40ClFN4O4/c1-5-35(6-2)14-15-36-26(28(38)34-22-9-7-8-17(3)18(22)4)30-13-12-23(40-30)24(25(30)29(36)39)27(37)33-19-10-11-21(32)20(31)16-19/h10-13,16-18,22-26H,5-9,14-15H2,1-4H3,(H,33,37)(H,34,38)/t17-,18-,22-,23+,24-,25+,26+,30+/m1/s1. The Bertz CT molecular complexity index is 1190. The van der Waals surface area contributed by atoms with E-state index in [1.165, 1.54) is 18.2 Å². The molecule has 8 nitrogen and oxygen atoms in total. The predicted octanol–water partition coefficient (Wildman–Crippen LogP) is 3.85. The van der Waals surface area contributed by atoms with Crippen molar-refractivity contribution in [2.45, 2.75) is 70.7 Å². The van der Waals surface area contributed by atoms with E-state index in [1.807, 2.05) is 6.08 Å². The molecule has 3 amide bonds. The van der Waals surface area contributed by atoms with Crippen LogP contribution in [0, 0.1) is 29.5 Å². The van der Waals surface area contributed by atoms with Crippen molar-refractivity contribution in [1.82, 2.24) is 15.1 Å². The molecule has 218 valence electrons. The first kappa shape index (κ1) is 29.0. The molecule has 3 aliphatic heterocycles. The molecule has 2 bridgehead atoms. The van der Waals surface area contributed by atoms with Crippen LogP contribution in [0.25, 0.3) is 0 Å². The summed E-state index contributed by atoms with van der Waals surface area (Å²) in [4.78, 5) is 45.6. The number of hydrogen-bond donors (Lipinski definition) is 2. The normalized spacial score (nSPS) is 34.4. The van der Waals surface area contributed by atoms with Gasteiger partial charge in [-0.3, -0.25) is 14.4 Å². The van der Waals surface area contributed by atoms with Gasteiger partial charge in [-0.1, -0.05) is 64.3 Å². The van der Waals surface area contributed by atoms with Crippen molar-refractivity contribution in [3.05, 3.63) is 41.2 Å². The van der Waals surface area contributed by atoms with Crippen LogP contribution in [0.15, 0.2) is 30.4 Å². The number of benzene rings is 1. The zero-order valence-corrected chi connectivity index (χ0v) is 24.4. The van der Waals surface area contributed by atoms with Gasteiger partial charge in [-0.15, -0.1) is 0 Å². The molecule has 10 heteroatoms. The van der Waals surface area contributed by atoms with Gasteiger partial charge in [0, 0.05) is 24.8 Å². The zero-order valence-electron chi connectivity index (χ0n) is 23.7. The Labute approximate surface area is 240 Å². The second kappa shape index (κ2) is 11.4. The number of likely N-dealkylation sites (N-methyl/N-ethyl adjacent to an activating group) is 1. The summed E-state index contributed by atoms with van der Waals surface area (Å²) in [6, 6.07) is 3.10. The average molecular weight is 575 g/mol. The van der Waals surface area contributed by atoms with Crippen molar-refractivity contribution in [2.24, 2.45) is 23.7 Å². The van der Waals surface area contributed by atoms with Crippen molar-refractivity contribution in [3.8, 4) is 0 Å². The van der Waals surface area contributed by atoms with E-state index in [1.54, 1.807) is 11.0 Å². The zero-order chi connectivity index (χ0) is 28.8. The Hall–Kier alpha value is -2.49. The Kier molecular flexibility index (Phi) is 8.28. The number of fused-ring (bicyclic) bond motifs is 1. The van der Waals surface area contributed by atoms with Crippen LogP contribution in [-0.4, -0.2) is 77.5 Å². The molecule has 8 atom stereocenters. The molecule has 5 rings (SSSR count). The third-order valence-corrected chi connectivity index (χ3v) is 9.99. The maximum absolute atomic E-state index is 14.1. The minimum Gasteiger partial charge on any atom is -0.359 e. The molecule has 0 unspecified atom stereocenters. The lowest BCUT2D eigenvalue weighted by molar-refractivity contribution is -0.141. The number of amides is 3. The lowest BCUT2D eigenvalue weighted by Gasteiger charge is -2.38. The Morgan fingerprint density at radius 2 is 1.95 bits per heavy atom. The minimum atomic E-state index is -1.22. The molecule has 1 saturated carbocycles. The largest absolute Gasteiger partial charge is 0.359 e. The highest BCUT2D eigenvalue weighted by Gasteiger charge is 2.72. The highest BCUT2D eigenvalue weighted by Crippen LogP contribution is 2.55. The third kappa shape index (κ3) is 4.94. The molecule has 2 N–H and O–H groups in total. The van der Waals surface area contributed by atoms with E-state index in [4.69, 9.17) is 16.3 Å². The number of hydrogen-bond acceptors (Lipinski definition) is 5. The average Bonchev–Trinajstić information content (AvgIpc) is 3.57. The maximum Gasteiger partial charge on any atom is 0.246 e. The van der Waals surface area contributed by atoms with E-state index in [9.17, 15) is 18.8 Å². The molecule has 3 fully saturated rings. The highest BCUT2D eigenvalue weighted by molar-refractivity contribution is 6.31. The van der Waals surface area contributed by atoms with E-state index < -0.39 is 41.3 Å². The van der Waals surface area contributed by atoms with Crippen molar-refractivity contribution in [2.75, 3.05) is 31.5 Å². The Morgan fingerprint density at radius 3 is 2.65 bits per heavy atom. The fourth-order valence-electron chi connectivity index (χ4n) is 7.14. The van der Waals surface area contributed by atoms with E-state index in [-0.39, 0.29) is 22.9 Å². The van der Waals surface area contributed by atoms with Crippen molar-refractivity contribution >= 4 is 35.0 Å². The van der Waals surface area contributed by atoms with Gasteiger partial charge in [0.25, 0.3) is 0 Å². The van der Waals surface area contributed by atoms with Gasteiger partial charge in [-0.2, -0.15) is 0 Å². The number of halogens is 2.